The fourth-order valence-corrected chi connectivity index (χ4v) is 2.41. The Bertz CT molecular complexity index is 523. The van der Waals surface area contributed by atoms with Crippen LogP contribution < -0.4 is 11.1 Å². The van der Waals surface area contributed by atoms with Gasteiger partial charge < -0.3 is 11.1 Å². The minimum atomic E-state index is -3.20. The number of anilines is 1. The molecule has 0 saturated carbocycles. The summed E-state index contributed by atoms with van der Waals surface area (Å²) in [5.41, 5.74) is 6.04. The SMILES string of the molecule is CCS(=O)(=O)c1ccc(NC(=O)CC(C)CN)cc1. The molecule has 0 fully saturated rings. The van der Waals surface area contributed by atoms with Crippen molar-refractivity contribution in [2.45, 2.75) is 25.2 Å². The van der Waals surface area contributed by atoms with Crippen molar-refractivity contribution >= 4 is 21.4 Å². The van der Waals surface area contributed by atoms with E-state index in [9.17, 15) is 13.2 Å². The molecular formula is C13H20N2O3S. The molecule has 1 aromatic carbocycles. The molecule has 19 heavy (non-hydrogen) atoms. The smallest absolute Gasteiger partial charge is 0.224 e. The van der Waals surface area contributed by atoms with Crippen LogP contribution >= 0.6 is 0 Å². The molecule has 0 saturated heterocycles. The second-order valence-electron chi connectivity index (χ2n) is 4.52. The molecule has 5 nitrogen and oxygen atoms in total. The van der Waals surface area contributed by atoms with E-state index in [2.05, 4.69) is 5.32 Å². The number of nitrogens with one attached hydrogen (secondary N) is 1. The van der Waals surface area contributed by atoms with Crippen LogP contribution in [0.15, 0.2) is 29.2 Å². The summed E-state index contributed by atoms with van der Waals surface area (Å²) in [6.07, 6.45) is 0.353. The van der Waals surface area contributed by atoms with E-state index in [4.69, 9.17) is 5.73 Å². The van der Waals surface area contributed by atoms with Crippen LogP contribution in [-0.2, 0) is 14.6 Å². The van der Waals surface area contributed by atoms with Crippen molar-refractivity contribution < 1.29 is 13.2 Å². The number of amides is 1. The Kier molecular flexibility index (Phi) is 5.50. The predicted octanol–water partition coefficient (Wildman–Crippen LogP) is 1.40. The van der Waals surface area contributed by atoms with Gasteiger partial charge in [-0.3, -0.25) is 4.79 Å². The van der Waals surface area contributed by atoms with E-state index in [1.807, 2.05) is 6.92 Å². The zero-order valence-corrected chi connectivity index (χ0v) is 12.0. The first-order valence-corrected chi connectivity index (χ1v) is 7.87. The minimum absolute atomic E-state index is 0.0622. The first kappa shape index (κ1) is 15.7. The van der Waals surface area contributed by atoms with Crippen LogP contribution in [0.4, 0.5) is 5.69 Å². The molecule has 0 bridgehead atoms. The lowest BCUT2D eigenvalue weighted by molar-refractivity contribution is -0.116. The maximum absolute atomic E-state index is 11.6. The second kappa shape index (κ2) is 6.68. The van der Waals surface area contributed by atoms with Gasteiger partial charge in [0.1, 0.15) is 0 Å². The van der Waals surface area contributed by atoms with Gasteiger partial charge in [0.15, 0.2) is 9.84 Å². The number of nitrogens with two attached hydrogens (primary N) is 1. The highest BCUT2D eigenvalue weighted by Crippen LogP contribution is 2.15. The highest BCUT2D eigenvalue weighted by molar-refractivity contribution is 7.91. The lowest BCUT2D eigenvalue weighted by atomic mass is 10.1. The molecule has 3 N–H and O–H groups in total. The molecule has 0 heterocycles. The minimum Gasteiger partial charge on any atom is -0.330 e. The van der Waals surface area contributed by atoms with Crippen LogP contribution in [0.5, 0.6) is 0 Å². The Labute approximate surface area is 114 Å². The van der Waals surface area contributed by atoms with E-state index in [1.54, 1.807) is 19.1 Å². The average molecular weight is 284 g/mol. The third-order valence-electron chi connectivity index (χ3n) is 2.81. The molecule has 0 aromatic heterocycles. The Morgan fingerprint density at radius 3 is 2.37 bits per heavy atom. The van der Waals surface area contributed by atoms with Crippen molar-refractivity contribution in [3.05, 3.63) is 24.3 Å². The Hall–Kier alpha value is -1.40. The first-order chi connectivity index (χ1) is 8.89. The Morgan fingerprint density at radius 2 is 1.89 bits per heavy atom. The highest BCUT2D eigenvalue weighted by Gasteiger charge is 2.12. The number of benzene rings is 1. The molecule has 1 aromatic rings. The molecule has 106 valence electrons. The van der Waals surface area contributed by atoms with Gasteiger partial charge in [-0.05, 0) is 36.7 Å². The molecule has 0 aliphatic carbocycles. The van der Waals surface area contributed by atoms with E-state index >= 15 is 0 Å². The van der Waals surface area contributed by atoms with Crippen LogP contribution in [-0.4, -0.2) is 26.6 Å². The van der Waals surface area contributed by atoms with E-state index in [0.29, 0.717) is 18.7 Å². The maximum atomic E-state index is 11.6. The quantitative estimate of drug-likeness (QED) is 0.826. The summed E-state index contributed by atoms with van der Waals surface area (Å²) in [4.78, 5) is 11.9. The molecule has 0 aliphatic heterocycles. The number of hydrogen-bond acceptors (Lipinski definition) is 4. The topological polar surface area (TPSA) is 89.3 Å². The Balaban J connectivity index is 2.70. The van der Waals surface area contributed by atoms with E-state index < -0.39 is 9.84 Å². The van der Waals surface area contributed by atoms with Gasteiger partial charge in [-0.1, -0.05) is 13.8 Å². The number of sulfone groups is 1. The van der Waals surface area contributed by atoms with Crippen molar-refractivity contribution in [1.29, 1.82) is 0 Å². The molecule has 6 heteroatoms. The number of rotatable bonds is 6. The van der Waals surface area contributed by atoms with Crippen molar-refractivity contribution in [3.8, 4) is 0 Å². The zero-order valence-electron chi connectivity index (χ0n) is 11.2. The lowest BCUT2D eigenvalue weighted by Gasteiger charge is -2.09. The number of carbonyl (C=O) groups is 1. The summed E-state index contributed by atoms with van der Waals surface area (Å²) in [7, 11) is -3.20. The molecule has 1 rings (SSSR count). The van der Waals surface area contributed by atoms with E-state index in [1.165, 1.54) is 12.1 Å². The highest BCUT2D eigenvalue weighted by atomic mass is 32.2. The van der Waals surface area contributed by atoms with Crippen LogP contribution in [0, 0.1) is 5.92 Å². The second-order valence-corrected chi connectivity index (χ2v) is 6.80. The molecule has 0 spiro atoms. The first-order valence-electron chi connectivity index (χ1n) is 6.21. The van der Waals surface area contributed by atoms with Gasteiger partial charge in [-0.25, -0.2) is 8.42 Å². The van der Waals surface area contributed by atoms with Gasteiger partial charge in [0.2, 0.25) is 5.91 Å². The molecule has 1 amide bonds. The monoisotopic (exact) mass is 284 g/mol. The Morgan fingerprint density at radius 1 is 1.32 bits per heavy atom. The fraction of sp³-hybridized carbons (Fsp3) is 0.462. The summed E-state index contributed by atoms with van der Waals surface area (Å²) in [5.74, 6) is 0.0657. The molecule has 1 atom stereocenters. The third-order valence-corrected chi connectivity index (χ3v) is 4.56. The number of hydrogen-bond donors (Lipinski definition) is 2. The lowest BCUT2D eigenvalue weighted by Crippen LogP contribution is -2.20. The summed E-state index contributed by atoms with van der Waals surface area (Å²) in [6, 6.07) is 6.18. The summed E-state index contributed by atoms with van der Waals surface area (Å²) < 4.78 is 23.2. The predicted molar refractivity (Wildman–Crippen MR) is 75.6 cm³/mol. The third kappa shape index (κ3) is 4.65. The van der Waals surface area contributed by atoms with Gasteiger partial charge >= 0.3 is 0 Å². The van der Waals surface area contributed by atoms with Crippen molar-refractivity contribution in [2.75, 3.05) is 17.6 Å². The summed E-state index contributed by atoms with van der Waals surface area (Å²) >= 11 is 0. The molecule has 0 aliphatic rings. The van der Waals surface area contributed by atoms with Crippen molar-refractivity contribution in [1.82, 2.24) is 0 Å². The van der Waals surface area contributed by atoms with Crippen LogP contribution in [0.1, 0.15) is 20.3 Å². The van der Waals surface area contributed by atoms with Gasteiger partial charge in [0, 0.05) is 12.1 Å². The normalized spacial score (nSPS) is 13.0. The number of carbonyl (C=O) groups excluding carboxylic acids is 1. The van der Waals surface area contributed by atoms with E-state index in [0.717, 1.165) is 0 Å². The van der Waals surface area contributed by atoms with Gasteiger partial charge in [-0.2, -0.15) is 0 Å². The van der Waals surface area contributed by atoms with Crippen molar-refractivity contribution in [2.24, 2.45) is 11.7 Å². The van der Waals surface area contributed by atoms with Gasteiger partial charge in [0.05, 0.1) is 10.6 Å². The summed E-state index contributed by atoms with van der Waals surface area (Å²) in [6.45, 7) is 3.96. The fourth-order valence-electron chi connectivity index (χ4n) is 1.52. The largest absolute Gasteiger partial charge is 0.330 e. The molecule has 0 radical (unpaired) electrons. The average Bonchev–Trinajstić information content (AvgIpc) is 2.39. The molecule has 1 unspecified atom stereocenters. The standard InChI is InChI=1S/C13H20N2O3S/c1-3-19(17,18)12-6-4-11(5-7-12)15-13(16)8-10(2)9-14/h4-7,10H,3,8-9,14H2,1-2H3,(H,15,16). The zero-order chi connectivity index (χ0) is 14.5. The van der Waals surface area contributed by atoms with Crippen molar-refractivity contribution in [3.63, 3.8) is 0 Å². The summed E-state index contributed by atoms with van der Waals surface area (Å²) in [5, 5.41) is 2.71. The maximum Gasteiger partial charge on any atom is 0.224 e. The van der Waals surface area contributed by atoms with Crippen LogP contribution in [0.3, 0.4) is 0 Å². The molecular weight excluding hydrogens is 264 g/mol. The van der Waals surface area contributed by atoms with E-state index in [-0.39, 0.29) is 22.5 Å². The van der Waals surface area contributed by atoms with Gasteiger partial charge in [0.25, 0.3) is 0 Å². The van der Waals surface area contributed by atoms with Crippen LogP contribution in [0.2, 0.25) is 0 Å². The van der Waals surface area contributed by atoms with Crippen LogP contribution in [0.25, 0.3) is 0 Å². The van der Waals surface area contributed by atoms with Gasteiger partial charge in [-0.15, -0.1) is 0 Å².